The minimum atomic E-state index is -3.44. The van der Waals surface area contributed by atoms with Crippen LogP contribution in [0.25, 0.3) is 0 Å². The monoisotopic (exact) mass is 286 g/mol. The molecule has 0 aromatic carbocycles. The third-order valence-corrected chi connectivity index (χ3v) is 5.45. The molecule has 0 saturated heterocycles. The first-order chi connectivity index (χ1) is 8.84. The summed E-state index contributed by atoms with van der Waals surface area (Å²) in [4.78, 5) is 0.329. The van der Waals surface area contributed by atoms with Crippen molar-refractivity contribution >= 4 is 10.0 Å². The number of sulfonamides is 1. The highest BCUT2D eigenvalue weighted by atomic mass is 32.2. The van der Waals surface area contributed by atoms with Gasteiger partial charge in [-0.15, -0.1) is 0 Å². The van der Waals surface area contributed by atoms with E-state index in [-0.39, 0.29) is 12.1 Å². The molecule has 7 heteroatoms. The maximum atomic E-state index is 12.6. The fourth-order valence-corrected chi connectivity index (χ4v) is 3.75. The molecule has 2 N–H and O–H groups in total. The molecule has 1 aromatic heterocycles. The van der Waals surface area contributed by atoms with Crippen LogP contribution in [0.5, 0.6) is 0 Å². The zero-order valence-corrected chi connectivity index (χ0v) is 12.7. The first-order valence-electron chi connectivity index (χ1n) is 6.59. The third-order valence-electron chi connectivity index (χ3n) is 3.34. The van der Waals surface area contributed by atoms with E-state index in [0.717, 1.165) is 12.8 Å². The minimum Gasteiger partial charge on any atom is -0.309 e. The van der Waals surface area contributed by atoms with Crippen LogP contribution in [0.2, 0.25) is 0 Å². The SMILES string of the molecule is Cc1[nH]nc(CNC(C)C)c1S(=O)(=O)N(C)C1CC1. The van der Waals surface area contributed by atoms with E-state index in [9.17, 15) is 8.42 Å². The molecule has 1 aromatic rings. The van der Waals surface area contributed by atoms with Crippen LogP contribution in [0.15, 0.2) is 4.90 Å². The summed E-state index contributed by atoms with van der Waals surface area (Å²) in [5.74, 6) is 0. The molecule has 1 aliphatic carbocycles. The van der Waals surface area contributed by atoms with E-state index in [2.05, 4.69) is 15.5 Å². The average Bonchev–Trinajstić information content (AvgIpc) is 3.09. The van der Waals surface area contributed by atoms with Crippen molar-refractivity contribution in [1.29, 1.82) is 0 Å². The molecule has 0 amide bonds. The summed E-state index contributed by atoms with van der Waals surface area (Å²) in [6, 6.07) is 0.443. The van der Waals surface area contributed by atoms with Crippen LogP contribution in [0.1, 0.15) is 38.1 Å². The molecule has 0 unspecified atom stereocenters. The maximum absolute atomic E-state index is 12.6. The molecule has 1 saturated carbocycles. The van der Waals surface area contributed by atoms with Gasteiger partial charge in [-0.05, 0) is 19.8 Å². The second-order valence-electron chi connectivity index (χ2n) is 5.41. The maximum Gasteiger partial charge on any atom is 0.246 e. The minimum absolute atomic E-state index is 0.158. The van der Waals surface area contributed by atoms with Crippen molar-refractivity contribution in [2.75, 3.05) is 7.05 Å². The van der Waals surface area contributed by atoms with Crippen LogP contribution in [0, 0.1) is 6.92 Å². The van der Waals surface area contributed by atoms with Crippen molar-refractivity contribution in [3.63, 3.8) is 0 Å². The molecule has 2 rings (SSSR count). The number of rotatable bonds is 6. The van der Waals surface area contributed by atoms with Gasteiger partial charge >= 0.3 is 0 Å². The standard InChI is InChI=1S/C12H22N4O2S/c1-8(2)13-7-11-12(9(3)14-15-11)19(17,18)16(4)10-5-6-10/h8,10,13H,5-7H2,1-4H3,(H,14,15). The molecule has 6 nitrogen and oxygen atoms in total. The van der Waals surface area contributed by atoms with Crippen molar-refractivity contribution in [2.45, 2.75) is 57.1 Å². The van der Waals surface area contributed by atoms with E-state index in [4.69, 9.17) is 0 Å². The van der Waals surface area contributed by atoms with Crippen LogP contribution < -0.4 is 5.32 Å². The van der Waals surface area contributed by atoms with Gasteiger partial charge in [0, 0.05) is 25.7 Å². The highest BCUT2D eigenvalue weighted by Crippen LogP contribution is 2.32. The van der Waals surface area contributed by atoms with Gasteiger partial charge in [0.2, 0.25) is 10.0 Å². The lowest BCUT2D eigenvalue weighted by atomic mass is 10.3. The van der Waals surface area contributed by atoms with Crippen LogP contribution >= 0.6 is 0 Å². The van der Waals surface area contributed by atoms with Crippen molar-refractivity contribution < 1.29 is 8.42 Å². The molecule has 0 spiro atoms. The van der Waals surface area contributed by atoms with Crippen molar-refractivity contribution in [1.82, 2.24) is 19.8 Å². The van der Waals surface area contributed by atoms with Gasteiger partial charge in [-0.2, -0.15) is 9.40 Å². The summed E-state index contributed by atoms with van der Waals surface area (Å²) < 4.78 is 26.7. The number of nitrogens with zero attached hydrogens (tertiary/aromatic N) is 2. The lowest BCUT2D eigenvalue weighted by Gasteiger charge is -2.17. The predicted molar refractivity (Wildman–Crippen MR) is 73.3 cm³/mol. The molecule has 0 aliphatic heterocycles. The molecule has 1 heterocycles. The Morgan fingerprint density at radius 3 is 2.63 bits per heavy atom. The fourth-order valence-electron chi connectivity index (χ4n) is 2.01. The van der Waals surface area contributed by atoms with Crippen molar-refractivity contribution in [3.8, 4) is 0 Å². The Kier molecular flexibility index (Phi) is 3.98. The Labute approximate surface area is 114 Å². The van der Waals surface area contributed by atoms with Gasteiger partial charge < -0.3 is 5.32 Å². The highest BCUT2D eigenvalue weighted by molar-refractivity contribution is 7.89. The van der Waals surface area contributed by atoms with Crippen molar-refractivity contribution in [2.24, 2.45) is 0 Å². The Balaban J connectivity index is 2.29. The van der Waals surface area contributed by atoms with Gasteiger partial charge in [0.05, 0.1) is 11.4 Å². The molecular weight excluding hydrogens is 264 g/mol. The summed E-state index contributed by atoms with van der Waals surface area (Å²) >= 11 is 0. The summed E-state index contributed by atoms with van der Waals surface area (Å²) in [6.45, 7) is 6.24. The molecule has 0 radical (unpaired) electrons. The normalized spacial score (nSPS) is 16.5. The molecule has 0 bridgehead atoms. The number of H-pyrrole nitrogens is 1. The second kappa shape index (κ2) is 5.22. The van der Waals surface area contributed by atoms with Crippen molar-refractivity contribution in [3.05, 3.63) is 11.4 Å². The smallest absolute Gasteiger partial charge is 0.246 e. The summed E-state index contributed by atoms with van der Waals surface area (Å²) in [6.07, 6.45) is 1.90. The van der Waals surface area contributed by atoms with Crippen LogP contribution in [-0.2, 0) is 16.6 Å². The Morgan fingerprint density at radius 2 is 2.11 bits per heavy atom. The number of nitrogens with one attached hydrogen (secondary N) is 2. The molecule has 0 atom stereocenters. The van der Waals surface area contributed by atoms with Crippen LogP contribution in [-0.4, -0.2) is 42.1 Å². The van der Waals surface area contributed by atoms with Crippen LogP contribution in [0.3, 0.4) is 0 Å². The number of aromatic nitrogens is 2. The van der Waals surface area contributed by atoms with E-state index < -0.39 is 10.0 Å². The molecule has 1 aliphatic rings. The topological polar surface area (TPSA) is 78.1 Å². The van der Waals surface area contributed by atoms with Gasteiger partial charge in [0.25, 0.3) is 0 Å². The number of aryl methyl sites for hydroxylation is 1. The van der Waals surface area contributed by atoms with E-state index in [1.165, 1.54) is 4.31 Å². The predicted octanol–water partition coefficient (Wildman–Crippen LogP) is 0.999. The number of hydrogen-bond acceptors (Lipinski definition) is 4. The number of aromatic amines is 1. The molecular formula is C12H22N4O2S. The molecule has 1 fully saturated rings. The van der Waals surface area contributed by atoms with Crippen LogP contribution in [0.4, 0.5) is 0 Å². The average molecular weight is 286 g/mol. The van der Waals surface area contributed by atoms with Gasteiger partial charge in [-0.1, -0.05) is 13.8 Å². The Morgan fingerprint density at radius 1 is 1.47 bits per heavy atom. The first-order valence-corrected chi connectivity index (χ1v) is 8.03. The summed E-state index contributed by atoms with van der Waals surface area (Å²) in [7, 11) is -1.79. The lowest BCUT2D eigenvalue weighted by molar-refractivity contribution is 0.462. The zero-order chi connectivity index (χ0) is 14.2. The van der Waals surface area contributed by atoms with E-state index in [0.29, 0.717) is 22.8 Å². The van der Waals surface area contributed by atoms with Gasteiger partial charge in [0.1, 0.15) is 4.90 Å². The summed E-state index contributed by atoms with van der Waals surface area (Å²) in [5, 5.41) is 10.1. The van der Waals surface area contributed by atoms with Gasteiger partial charge in [0.15, 0.2) is 0 Å². The van der Waals surface area contributed by atoms with Gasteiger partial charge in [-0.3, -0.25) is 5.10 Å². The second-order valence-corrected chi connectivity index (χ2v) is 7.35. The molecule has 108 valence electrons. The van der Waals surface area contributed by atoms with E-state index >= 15 is 0 Å². The third kappa shape index (κ3) is 2.98. The number of hydrogen-bond donors (Lipinski definition) is 2. The zero-order valence-electron chi connectivity index (χ0n) is 11.9. The van der Waals surface area contributed by atoms with E-state index in [1.54, 1.807) is 14.0 Å². The Hall–Kier alpha value is -0.920. The highest BCUT2D eigenvalue weighted by Gasteiger charge is 2.37. The quantitative estimate of drug-likeness (QED) is 0.818. The summed E-state index contributed by atoms with van der Waals surface area (Å²) in [5.41, 5.74) is 1.17. The first kappa shape index (κ1) is 14.5. The molecule has 19 heavy (non-hydrogen) atoms. The van der Waals surface area contributed by atoms with Gasteiger partial charge in [-0.25, -0.2) is 8.42 Å². The largest absolute Gasteiger partial charge is 0.309 e. The lowest BCUT2D eigenvalue weighted by Crippen LogP contribution is -2.31. The Bertz CT molecular complexity index is 546. The van der Waals surface area contributed by atoms with E-state index in [1.807, 2.05) is 13.8 Å². The fraction of sp³-hybridized carbons (Fsp3) is 0.750.